The molecule has 0 spiro atoms. The van der Waals surface area contributed by atoms with Gasteiger partial charge in [-0.25, -0.2) is 0 Å². The fourth-order valence-corrected chi connectivity index (χ4v) is 2.18. The maximum Gasteiger partial charge on any atom is 0.246 e. The van der Waals surface area contributed by atoms with Crippen molar-refractivity contribution in [2.75, 3.05) is 26.3 Å². The fourth-order valence-electron chi connectivity index (χ4n) is 2.18. The smallest absolute Gasteiger partial charge is 0.246 e. The van der Waals surface area contributed by atoms with Gasteiger partial charge in [0.15, 0.2) is 0 Å². The van der Waals surface area contributed by atoms with E-state index in [1.165, 1.54) is 0 Å². The van der Waals surface area contributed by atoms with Crippen LogP contribution in [0, 0.1) is 0 Å². The summed E-state index contributed by atoms with van der Waals surface area (Å²) in [7, 11) is 0. The number of ether oxygens (including phenoxy) is 1. The number of furan rings is 1. The Hall–Kier alpha value is -2.07. The summed E-state index contributed by atoms with van der Waals surface area (Å²) in [5.74, 6) is 0.0218. The van der Waals surface area contributed by atoms with Crippen molar-refractivity contribution in [2.45, 2.75) is 0 Å². The summed E-state index contributed by atoms with van der Waals surface area (Å²) in [4.78, 5) is 13.8. The van der Waals surface area contributed by atoms with E-state index in [2.05, 4.69) is 0 Å². The standard InChI is InChI=1S/C15H15NO3/c17-15(16-7-9-18-10-8-16)6-5-12-11-19-14-4-2-1-3-13(12)14/h1-6,11H,7-10H2. The van der Waals surface area contributed by atoms with Crippen molar-refractivity contribution in [3.8, 4) is 0 Å². The molecule has 2 heterocycles. The number of carbonyl (C=O) groups excluding carboxylic acids is 1. The molecule has 0 atom stereocenters. The number of nitrogens with zero attached hydrogens (tertiary/aromatic N) is 1. The first-order valence-electron chi connectivity index (χ1n) is 6.35. The Morgan fingerprint density at radius 3 is 2.84 bits per heavy atom. The second-order valence-corrected chi connectivity index (χ2v) is 4.46. The van der Waals surface area contributed by atoms with Gasteiger partial charge in [0.1, 0.15) is 5.58 Å². The molecule has 2 aromatic rings. The summed E-state index contributed by atoms with van der Waals surface area (Å²) in [6, 6.07) is 7.78. The summed E-state index contributed by atoms with van der Waals surface area (Å²) in [6.45, 7) is 2.56. The number of carbonyl (C=O) groups is 1. The van der Waals surface area contributed by atoms with Gasteiger partial charge in [0.2, 0.25) is 5.91 Å². The summed E-state index contributed by atoms with van der Waals surface area (Å²) in [6.07, 6.45) is 5.08. The molecule has 0 N–H and O–H groups in total. The molecule has 98 valence electrons. The molecule has 1 fully saturated rings. The molecular formula is C15H15NO3. The van der Waals surface area contributed by atoms with Gasteiger partial charge in [-0.2, -0.15) is 0 Å². The van der Waals surface area contributed by atoms with E-state index in [1.807, 2.05) is 30.3 Å². The van der Waals surface area contributed by atoms with E-state index in [4.69, 9.17) is 9.15 Å². The van der Waals surface area contributed by atoms with Crippen molar-refractivity contribution in [3.63, 3.8) is 0 Å². The van der Waals surface area contributed by atoms with Gasteiger partial charge in [-0.1, -0.05) is 18.2 Å². The normalized spacial score (nSPS) is 16.3. The van der Waals surface area contributed by atoms with Crippen LogP contribution in [0.15, 0.2) is 41.0 Å². The lowest BCUT2D eigenvalue weighted by molar-refractivity contribution is -0.129. The zero-order valence-electron chi connectivity index (χ0n) is 10.5. The molecule has 4 heteroatoms. The zero-order valence-corrected chi connectivity index (χ0v) is 10.5. The molecule has 1 aliphatic rings. The zero-order chi connectivity index (χ0) is 13.1. The van der Waals surface area contributed by atoms with Gasteiger partial charge in [0, 0.05) is 30.1 Å². The van der Waals surface area contributed by atoms with Gasteiger partial charge in [-0.05, 0) is 12.1 Å². The van der Waals surface area contributed by atoms with Crippen molar-refractivity contribution in [2.24, 2.45) is 0 Å². The number of hydrogen-bond acceptors (Lipinski definition) is 3. The maximum absolute atomic E-state index is 12.0. The van der Waals surface area contributed by atoms with Crippen LogP contribution < -0.4 is 0 Å². The molecule has 0 unspecified atom stereocenters. The van der Waals surface area contributed by atoms with Crippen LogP contribution in [0.1, 0.15) is 5.56 Å². The van der Waals surface area contributed by atoms with E-state index in [1.54, 1.807) is 17.2 Å². The highest BCUT2D eigenvalue weighted by Crippen LogP contribution is 2.21. The summed E-state index contributed by atoms with van der Waals surface area (Å²) in [5, 5.41) is 1.02. The Balaban J connectivity index is 1.76. The minimum atomic E-state index is 0.0218. The van der Waals surface area contributed by atoms with Crippen LogP contribution >= 0.6 is 0 Å². The van der Waals surface area contributed by atoms with Gasteiger partial charge in [0.25, 0.3) is 0 Å². The Bertz CT molecular complexity index is 609. The Kier molecular flexibility index (Phi) is 3.33. The lowest BCUT2D eigenvalue weighted by atomic mass is 10.1. The van der Waals surface area contributed by atoms with Crippen molar-refractivity contribution in [1.82, 2.24) is 4.90 Å². The first-order valence-corrected chi connectivity index (χ1v) is 6.35. The monoisotopic (exact) mass is 257 g/mol. The van der Waals surface area contributed by atoms with Crippen LogP contribution in [0.3, 0.4) is 0 Å². The lowest BCUT2D eigenvalue weighted by Crippen LogP contribution is -2.39. The van der Waals surface area contributed by atoms with Gasteiger partial charge in [-0.3, -0.25) is 4.79 Å². The number of morpholine rings is 1. The van der Waals surface area contributed by atoms with E-state index in [-0.39, 0.29) is 5.91 Å². The topological polar surface area (TPSA) is 42.7 Å². The number of benzene rings is 1. The lowest BCUT2D eigenvalue weighted by Gasteiger charge is -2.25. The largest absolute Gasteiger partial charge is 0.464 e. The molecule has 0 aliphatic carbocycles. The third-order valence-electron chi connectivity index (χ3n) is 3.24. The molecule has 1 aromatic carbocycles. The predicted molar refractivity (Wildman–Crippen MR) is 72.6 cm³/mol. The van der Waals surface area contributed by atoms with E-state index < -0.39 is 0 Å². The molecule has 0 bridgehead atoms. The maximum atomic E-state index is 12.0. The Morgan fingerprint density at radius 2 is 2.00 bits per heavy atom. The van der Waals surface area contributed by atoms with Gasteiger partial charge in [0.05, 0.1) is 19.5 Å². The second kappa shape index (κ2) is 5.28. The third kappa shape index (κ3) is 2.53. The van der Waals surface area contributed by atoms with Crippen LogP contribution in [0.25, 0.3) is 17.0 Å². The highest BCUT2D eigenvalue weighted by molar-refractivity contribution is 5.95. The predicted octanol–water partition coefficient (Wildman–Crippen LogP) is 2.30. The number of para-hydroxylation sites is 1. The van der Waals surface area contributed by atoms with Gasteiger partial charge >= 0.3 is 0 Å². The second-order valence-electron chi connectivity index (χ2n) is 4.46. The Morgan fingerprint density at radius 1 is 1.21 bits per heavy atom. The first kappa shape index (κ1) is 12.0. The van der Waals surface area contributed by atoms with Crippen molar-refractivity contribution in [3.05, 3.63) is 42.2 Å². The van der Waals surface area contributed by atoms with Crippen LogP contribution in [0.5, 0.6) is 0 Å². The number of amides is 1. The van der Waals surface area contributed by atoms with Crippen LogP contribution in [0.4, 0.5) is 0 Å². The fraction of sp³-hybridized carbons (Fsp3) is 0.267. The van der Waals surface area contributed by atoms with E-state index >= 15 is 0 Å². The minimum Gasteiger partial charge on any atom is -0.464 e. The molecule has 1 aliphatic heterocycles. The van der Waals surface area contributed by atoms with Crippen LogP contribution in [-0.2, 0) is 9.53 Å². The molecule has 1 amide bonds. The molecule has 19 heavy (non-hydrogen) atoms. The molecule has 4 nitrogen and oxygen atoms in total. The average molecular weight is 257 g/mol. The molecule has 3 rings (SSSR count). The average Bonchev–Trinajstić information content (AvgIpc) is 2.89. The number of fused-ring (bicyclic) bond motifs is 1. The van der Waals surface area contributed by atoms with E-state index in [0.29, 0.717) is 26.3 Å². The quantitative estimate of drug-likeness (QED) is 0.775. The first-order chi connectivity index (χ1) is 9.34. The third-order valence-corrected chi connectivity index (χ3v) is 3.24. The molecule has 0 radical (unpaired) electrons. The Labute approximate surface area is 111 Å². The van der Waals surface area contributed by atoms with Crippen LogP contribution in [-0.4, -0.2) is 37.1 Å². The van der Waals surface area contributed by atoms with Crippen molar-refractivity contribution >= 4 is 23.0 Å². The van der Waals surface area contributed by atoms with E-state index in [0.717, 1.165) is 16.5 Å². The highest BCUT2D eigenvalue weighted by Gasteiger charge is 2.14. The SMILES string of the molecule is O=C(C=Cc1coc2ccccc12)N1CCOCC1. The van der Waals surface area contributed by atoms with Crippen LogP contribution in [0.2, 0.25) is 0 Å². The van der Waals surface area contributed by atoms with E-state index in [9.17, 15) is 4.79 Å². The number of hydrogen-bond donors (Lipinski definition) is 0. The van der Waals surface area contributed by atoms with Gasteiger partial charge in [-0.15, -0.1) is 0 Å². The highest BCUT2D eigenvalue weighted by atomic mass is 16.5. The summed E-state index contributed by atoms with van der Waals surface area (Å²) >= 11 is 0. The number of rotatable bonds is 2. The summed E-state index contributed by atoms with van der Waals surface area (Å²) < 4.78 is 10.7. The molecule has 1 saturated heterocycles. The molecular weight excluding hydrogens is 242 g/mol. The minimum absolute atomic E-state index is 0.0218. The van der Waals surface area contributed by atoms with Gasteiger partial charge < -0.3 is 14.1 Å². The molecule has 1 aromatic heterocycles. The summed E-state index contributed by atoms with van der Waals surface area (Å²) in [5.41, 5.74) is 1.76. The van der Waals surface area contributed by atoms with Crippen molar-refractivity contribution < 1.29 is 13.9 Å². The molecule has 0 saturated carbocycles. The van der Waals surface area contributed by atoms with Crippen molar-refractivity contribution in [1.29, 1.82) is 0 Å².